The van der Waals surface area contributed by atoms with E-state index in [1.165, 1.54) is 10.9 Å². The monoisotopic (exact) mass is 233 g/mol. The van der Waals surface area contributed by atoms with Crippen molar-refractivity contribution in [1.82, 2.24) is 4.98 Å². The van der Waals surface area contributed by atoms with Crippen LogP contribution in [0.25, 0.3) is 10.8 Å². The van der Waals surface area contributed by atoms with Gasteiger partial charge in [0.1, 0.15) is 5.15 Å². The van der Waals surface area contributed by atoms with Crippen molar-refractivity contribution >= 4 is 22.4 Å². The van der Waals surface area contributed by atoms with E-state index in [0.717, 1.165) is 11.8 Å². The van der Waals surface area contributed by atoms with Crippen molar-refractivity contribution in [3.8, 4) is 0 Å². The summed E-state index contributed by atoms with van der Waals surface area (Å²) in [5, 5.41) is 2.78. The highest BCUT2D eigenvalue weighted by Gasteiger charge is 2.11. The summed E-state index contributed by atoms with van der Waals surface area (Å²) in [7, 11) is 0. The first-order valence-electron chi connectivity index (χ1n) is 5.49. The zero-order valence-corrected chi connectivity index (χ0v) is 10.7. The first kappa shape index (κ1) is 11.4. The van der Waals surface area contributed by atoms with E-state index in [0.29, 0.717) is 10.6 Å². The average molecular weight is 234 g/mol. The number of fused-ring (bicyclic) bond motifs is 1. The summed E-state index contributed by atoms with van der Waals surface area (Å²) < 4.78 is 0. The molecule has 0 fully saturated rings. The Bertz CT molecular complexity index is 512. The Labute approximate surface area is 101 Å². The zero-order valence-electron chi connectivity index (χ0n) is 9.92. The lowest BCUT2D eigenvalue weighted by Crippen LogP contribution is -2.08. The SMILES string of the molecule is CC(C)(C)Cc1ccc2c(Cl)nccc2c1. The van der Waals surface area contributed by atoms with Crippen LogP contribution in [-0.4, -0.2) is 4.98 Å². The maximum absolute atomic E-state index is 6.03. The lowest BCUT2D eigenvalue weighted by molar-refractivity contribution is 0.411. The molecule has 2 rings (SSSR count). The van der Waals surface area contributed by atoms with Crippen molar-refractivity contribution in [2.24, 2.45) is 5.41 Å². The van der Waals surface area contributed by atoms with Gasteiger partial charge in [0.2, 0.25) is 0 Å². The van der Waals surface area contributed by atoms with Crippen LogP contribution in [0, 0.1) is 5.41 Å². The van der Waals surface area contributed by atoms with E-state index in [1.807, 2.05) is 6.07 Å². The van der Waals surface area contributed by atoms with Crippen molar-refractivity contribution in [2.75, 3.05) is 0 Å². The second-order valence-electron chi connectivity index (χ2n) is 5.39. The lowest BCUT2D eigenvalue weighted by Gasteiger charge is -2.18. The van der Waals surface area contributed by atoms with E-state index < -0.39 is 0 Å². The minimum Gasteiger partial charge on any atom is -0.244 e. The maximum atomic E-state index is 6.03. The van der Waals surface area contributed by atoms with Gasteiger partial charge in [-0.1, -0.05) is 50.6 Å². The van der Waals surface area contributed by atoms with E-state index in [-0.39, 0.29) is 0 Å². The van der Waals surface area contributed by atoms with E-state index >= 15 is 0 Å². The van der Waals surface area contributed by atoms with E-state index in [4.69, 9.17) is 11.6 Å². The third-order valence-corrected chi connectivity index (χ3v) is 2.82. The summed E-state index contributed by atoms with van der Waals surface area (Å²) in [6.07, 6.45) is 2.83. The number of rotatable bonds is 1. The Hall–Kier alpha value is -1.08. The van der Waals surface area contributed by atoms with Gasteiger partial charge >= 0.3 is 0 Å². The summed E-state index contributed by atoms with van der Waals surface area (Å²) >= 11 is 6.03. The molecule has 0 aliphatic heterocycles. The van der Waals surface area contributed by atoms with Crippen molar-refractivity contribution in [3.05, 3.63) is 41.2 Å². The van der Waals surface area contributed by atoms with Gasteiger partial charge in [0.25, 0.3) is 0 Å². The van der Waals surface area contributed by atoms with E-state index in [9.17, 15) is 0 Å². The lowest BCUT2D eigenvalue weighted by atomic mass is 9.87. The third-order valence-electron chi connectivity index (χ3n) is 2.51. The molecule has 0 bridgehead atoms. The average Bonchev–Trinajstić information content (AvgIpc) is 2.15. The zero-order chi connectivity index (χ0) is 11.8. The molecule has 1 aromatic carbocycles. The van der Waals surface area contributed by atoms with Gasteiger partial charge in [-0.15, -0.1) is 0 Å². The number of nitrogens with zero attached hydrogens (tertiary/aromatic N) is 1. The summed E-state index contributed by atoms with van der Waals surface area (Å²) in [5.74, 6) is 0. The molecule has 0 aliphatic carbocycles. The van der Waals surface area contributed by atoms with E-state index in [2.05, 4.69) is 44.0 Å². The quantitative estimate of drug-likeness (QED) is 0.662. The number of benzene rings is 1. The van der Waals surface area contributed by atoms with Crippen LogP contribution >= 0.6 is 11.6 Å². The van der Waals surface area contributed by atoms with Crippen LogP contribution in [0.5, 0.6) is 0 Å². The van der Waals surface area contributed by atoms with Gasteiger partial charge in [0.15, 0.2) is 0 Å². The fourth-order valence-electron chi connectivity index (χ4n) is 1.91. The Morgan fingerprint density at radius 2 is 1.94 bits per heavy atom. The minimum absolute atomic E-state index is 0.310. The molecule has 0 amide bonds. The van der Waals surface area contributed by atoms with Gasteiger partial charge in [0, 0.05) is 11.6 Å². The number of hydrogen-bond donors (Lipinski definition) is 0. The fourth-order valence-corrected chi connectivity index (χ4v) is 2.14. The van der Waals surface area contributed by atoms with Crippen molar-refractivity contribution in [3.63, 3.8) is 0 Å². The third kappa shape index (κ3) is 2.53. The predicted molar refractivity (Wildman–Crippen MR) is 69.9 cm³/mol. The molecular weight excluding hydrogens is 218 g/mol. The first-order chi connectivity index (χ1) is 7.46. The molecule has 0 saturated heterocycles. The fraction of sp³-hybridized carbons (Fsp3) is 0.357. The van der Waals surface area contributed by atoms with Crippen LogP contribution in [0.4, 0.5) is 0 Å². The molecule has 16 heavy (non-hydrogen) atoms. The molecule has 0 radical (unpaired) electrons. The van der Waals surface area contributed by atoms with Gasteiger partial charge in [-0.05, 0) is 28.9 Å². The van der Waals surface area contributed by atoms with Crippen LogP contribution < -0.4 is 0 Å². The van der Waals surface area contributed by atoms with Crippen LogP contribution in [-0.2, 0) is 6.42 Å². The number of hydrogen-bond acceptors (Lipinski definition) is 1. The molecule has 0 saturated carbocycles. The molecule has 2 heteroatoms. The highest BCUT2D eigenvalue weighted by Crippen LogP contribution is 2.26. The van der Waals surface area contributed by atoms with Gasteiger partial charge in [-0.25, -0.2) is 4.98 Å². The van der Waals surface area contributed by atoms with Crippen molar-refractivity contribution in [2.45, 2.75) is 27.2 Å². The molecule has 0 atom stereocenters. The molecule has 0 aliphatic rings. The minimum atomic E-state index is 0.310. The normalized spacial score (nSPS) is 12.0. The van der Waals surface area contributed by atoms with Crippen LogP contribution in [0.15, 0.2) is 30.5 Å². The summed E-state index contributed by atoms with van der Waals surface area (Å²) in [6.45, 7) is 6.74. The Morgan fingerprint density at radius 3 is 2.62 bits per heavy atom. The number of pyridine rings is 1. The largest absolute Gasteiger partial charge is 0.244 e. The molecule has 1 heterocycles. The second-order valence-corrected chi connectivity index (χ2v) is 5.75. The first-order valence-corrected chi connectivity index (χ1v) is 5.87. The molecule has 2 aromatic rings. The molecular formula is C14H16ClN. The smallest absolute Gasteiger partial charge is 0.136 e. The Kier molecular flexibility index (Phi) is 2.90. The van der Waals surface area contributed by atoms with E-state index in [1.54, 1.807) is 6.20 Å². The topological polar surface area (TPSA) is 12.9 Å². The summed E-state index contributed by atoms with van der Waals surface area (Å²) in [4.78, 5) is 4.08. The second kappa shape index (κ2) is 4.06. The van der Waals surface area contributed by atoms with Crippen LogP contribution in [0.1, 0.15) is 26.3 Å². The van der Waals surface area contributed by atoms with Gasteiger partial charge < -0.3 is 0 Å². The Balaban J connectivity index is 2.45. The van der Waals surface area contributed by atoms with Crippen LogP contribution in [0.2, 0.25) is 5.15 Å². The van der Waals surface area contributed by atoms with Crippen molar-refractivity contribution in [1.29, 1.82) is 0 Å². The molecule has 1 nitrogen and oxygen atoms in total. The van der Waals surface area contributed by atoms with Gasteiger partial charge in [0.05, 0.1) is 0 Å². The van der Waals surface area contributed by atoms with Gasteiger partial charge in [-0.3, -0.25) is 0 Å². The van der Waals surface area contributed by atoms with Crippen molar-refractivity contribution < 1.29 is 0 Å². The highest BCUT2D eigenvalue weighted by molar-refractivity contribution is 6.34. The number of aromatic nitrogens is 1. The highest BCUT2D eigenvalue weighted by atomic mass is 35.5. The molecule has 0 N–H and O–H groups in total. The maximum Gasteiger partial charge on any atom is 0.136 e. The predicted octanol–water partition coefficient (Wildman–Crippen LogP) is 4.48. The Morgan fingerprint density at radius 1 is 1.19 bits per heavy atom. The van der Waals surface area contributed by atoms with Gasteiger partial charge in [-0.2, -0.15) is 0 Å². The molecule has 0 spiro atoms. The summed E-state index contributed by atoms with van der Waals surface area (Å²) in [6, 6.07) is 8.41. The molecule has 84 valence electrons. The molecule has 0 unspecified atom stereocenters. The number of halogens is 1. The molecule has 1 aromatic heterocycles. The standard InChI is InChI=1S/C14H16ClN/c1-14(2,3)9-10-4-5-12-11(8-10)6-7-16-13(12)15/h4-8H,9H2,1-3H3. The van der Waals surface area contributed by atoms with Crippen LogP contribution in [0.3, 0.4) is 0 Å². The summed E-state index contributed by atoms with van der Waals surface area (Å²) in [5.41, 5.74) is 1.66.